The molecule has 2 aromatic rings. The lowest BCUT2D eigenvalue weighted by Gasteiger charge is -2.31. The van der Waals surface area contributed by atoms with Crippen LogP contribution >= 0.6 is 0 Å². The van der Waals surface area contributed by atoms with Crippen LogP contribution in [0.15, 0.2) is 48.5 Å². The molecule has 1 N–H and O–H groups in total. The highest BCUT2D eigenvalue weighted by Crippen LogP contribution is 2.60. The number of fused-ring (bicyclic) bond motifs is 2. The highest BCUT2D eigenvalue weighted by Gasteiger charge is 2.67. The molecule has 3 amide bonds. The highest BCUT2D eigenvalue weighted by molar-refractivity contribution is 6.72. The molecule has 5 atom stereocenters. The van der Waals surface area contributed by atoms with Gasteiger partial charge >= 0.3 is 6.09 Å². The molecular formula is C31H38FN3O6Si. The van der Waals surface area contributed by atoms with E-state index in [9.17, 15) is 19.5 Å². The van der Waals surface area contributed by atoms with Crippen molar-refractivity contribution in [2.75, 3.05) is 36.1 Å². The molecule has 4 aliphatic rings. The van der Waals surface area contributed by atoms with Crippen molar-refractivity contribution in [3.63, 3.8) is 0 Å². The van der Waals surface area contributed by atoms with Gasteiger partial charge in [-0.15, -0.1) is 0 Å². The molecule has 0 unspecified atom stereocenters. The van der Waals surface area contributed by atoms with Crippen molar-refractivity contribution in [1.29, 1.82) is 0 Å². The van der Waals surface area contributed by atoms with Gasteiger partial charge in [0.05, 0.1) is 44.0 Å². The SMILES string of the molecule is C[C@@H]1[C@@H]([Si](C)(C)F)[C@H](CC(=O)N2CCC[C@H]2CO)O[C@@]12C(=O)N(Cc1ccc(N3CCOC3=O)cc1)c1ccccc12. The topological polar surface area (TPSA) is 99.6 Å². The first-order chi connectivity index (χ1) is 20.1. The lowest BCUT2D eigenvalue weighted by molar-refractivity contribution is -0.150. The summed E-state index contributed by atoms with van der Waals surface area (Å²) in [4.78, 5) is 44.8. The number of aliphatic hydroxyl groups excluding tert-OH is 1. The van der Waals surface area contributed by atoms with Crippen LogP contribution in [0.25, 0.3) is 0 Å². The molecule has 9 nitrogen and oxygen atoms in total. The summed E-state index contributed by atoms with van der Waals surface area (Å²) in [6.07, 6.45) is 0.406. The van der Waals surface area contributed by atoms with Crippen molar-refractivity contribution < 1.29 is 33.1 Å². The minimum Gasteiger partial charge on any atom is -0.447 e. The molecule has 0 saturated carbocycles. The molecule has 3 saturated heterocycles. The number of carbonyl (C=O) groups excluding carboxylic acids is 3. The number of cyclic esters (lactones) is 1. The Hall–Kier alpha value is -3.28. The number of hydrogen-bond donors (Lipinski definition) is 1. The molecule has 3 fully saturated rings. The number of rotatable bonds is 7. The monoisotopic (exact) mass is 595 g/mol. The highest BCUT2D eigenvalue weighted by atomic mass is 28.4. The van der Waals surface area contributed by atoms with E-state index in [0.29, 0.717) is 30.9 Å². The van der Waals surface area contributed by atoms with Gasteiger partial charge in [-0.25, -0.2) is 4.79 Å². The molecule has 0 bridgehead atoms. The lowest BCUT2D eigenvalue weighted by atomic mass is 9.82. The Labute approximate surface area is 246 Å². The average Bonchev–Trinajstić information content (AvgIpc) is 3.72. The molecular weight excluding hydrogens is 557 g/mol. The molecule has 6 rings (SSSR count). The van der Waals surface area contributed by atoms with Crippen molar-refractivity contribution in [3.05, 3.63) is 59.7 Å². The fourth-order valence-corrected chi connectivity index (χ4v) is 10.1. The minimum atomic E-state index is -3.41. The summed E-state index contributed by atoms with van der Waals surface area (Å²) in [6, 6.07) is 14.7. The van der Waals surface area contributed by atoms with E-state index in [4.69, 9.17) is 9.47 Å². The van der Waals surface area contributed by atoms with E-state index in [0.717, 1.165) is 24.1 Å². The van der Waals surface area contributed by atoms with Gasteiger partial charge in [-0.05, 0) is 49.7 Å². The Morgan fingerprint density at radius 2 is 1.86 bits per heavy atom. The Morgan fingerprint density at radius 1 is 1.12 bits per heavy atom. The minimum absolute atomic E-state index is 0.0244. The van der Waals surface area contributed by atoms with Gasteiger partial charge < -0.3 is 28.5 Å². The van der Waals surface area contributed by atoms with Crippen molar-refractivity contribution in [1.82, 2.24) is 4.90 Å². The number of benzene rings is 2. The van der Waals surface area contributed by atoms with Crippen molar-refractivity contribution in [3.8, 4) is 0 Å². The molecule has 2 aromatic carbocycles. The molecule has 11 heteroatoms. The standard InChI is InChI=1S/C31H38FN3O6Si/c1-20-28(42(2,3)32)26(17-27(37)33-14-6-7-23(33)19-36)41-31(20)24-8-4-5-9-25(24)35(29(31)38)18-21-10-12-22(13-11-21)34-15-16-40-30(34)39/h4-5,8-13,20,23,26,28,36H,6-7,14-19H2,1-3H3/t20-,23+,26+,28-,31+/m1/s1. The van der Waals surface area contributed by atoms with Crippen LogP contribution < -0.4 is 9.80 Å². The Morgan fingerprint density at radius 3 is 2.52 bits per heavy atom. The molecule has 4 aliphatic heterocycles. The number of aliphatic hydroxyl groups is 1. The van der Waals surface area contributed by atoms with Gasteiger partial charge in [-0.3, -0.25) is 14.5 Å². The molecule has 0 aromatic heterocycles. The van der Waals surface area contributed by atoms with Crippen LogP contribution in [0.2, 0.25) is 18.6 Å². The maximum atomic E-state index is 16.1. The number of para-hydroxylation sites is 1. The van der Waals surface area contributed by atoms with E-state index in [-0.39, 0.29) is 43.5 Å². The van der Waals surface area contributed by atoms with Crippen molar-refractivity contribution in [2.45, 2.75) is 69.1 Å². The molecule has 4 heterocycles. The van der Waals surface area contributed by atoms with E-state index in [2.05, 4.69) is 0 Å². The quantitative estimate of drug-likeness (QED) is 0.378. The molecule has 1 spiro atoms. The first-order valence-electron chi connectivity index (χ1n) is 14.8. The van der Waals surface area contributed by atoms with Crippen LogP contribution in [0.3, 0.4) is 0 Å². The lowest BCUT2D eigenvalue weighted by Crippen LogP contribution is -2.45. The second-order valence-corrected chi connectivity index (χ2v) is 16.2. The van der Waals surface area contributed by atoms with E-state index < -0.39 is 31.6 Å². The van der Waals surface area contributed by atoms with E-state index in [1.165, 1.54) is 0 Å². The third-order valence-electron chi connectivity index (χ3n) is 9.50. The van der Waals surface area contributed by atoms with Crippen LogP contribution in [0.4, 0.5) is 20.3 Å². The zero-order chi connectivity index (χ0) is 29.8. The van der Waals surface area contributed by atoms with Crippen LogP contribution in [0, 0.1) is 5.92 Å². The number of ether oxygens (including phenoxy) is 2. The second-order valence-electron chi connectivity index (χ2n) is 12.4. The van der Waals surface area contributed by atoms with Crippen LogP contribution in [0.1, 0.15) is 37.3 Å². The summed E-state index contributed by atoms with van der Waals surface area (Å²) in [5.74, 6) is -0.908. The number of amides is 3. The van der Waals surface area contributed by atoms with E-state index in [1.807, 2.05) is 55.5 Å². The predicted octanol–water partition coefficient (Wildman–Crippen LogP) is 4.34. The Bertz CT molecular complexity index is 1380. The van der Waals surface area contributed by atoms with Gasteiger partial charge in [0, 0.05) is 29.3 Å². The van der Waals surface area contributed by atoms with Gasteiger partial charge in [0.15, 0.2) is 5.60 Å². The van der Waals surface area contributed by atoms with Gasteiger partial charge in [0.1, 0.15) is 6.61 Å². The molecule has 0 aliphatic carbocycles. The number of likely N-dealkylation sites (tertiary alicyclic amines) is 1. The van der Waals surface area contributed by atoms with Crippen LogP contribution in [-0.2, 0) is 31.2 Å². The van der Waals surface area contributed by atoms with Crippen LogP contribution in [-0.4, -0.2) is 74.8 Å². The second kappa shape index (κ2) is 10.8. The largest absolute Gasteiger partial charge is 0.447 e. The first kappa shape index (κ1) is 28.8. The Kier molecular flexibility index (Phi) is 7.39. The summed E-state index contributed by atoms with van der Waals surface area (Å²) in [5.41, 5.74) is 1.03. The van der Waals surface area contributed by atoms with E-state index in [1.54, 1.807) is 27.8 Å². The van der Waals surface area contributed by atoms with Crippen molar-refractivity contribution >= 4 is 37.7 Å². The fourth-order valence-electron chi connectivity index (χ4n) is 7.59. The summed E-state index contributed by atoms with van der Waals surface area (Å²) in [6.45, 7) is 6.72. The van der Waals surface area contributed by atoms with Gasteiger partial charge in [-0.1, -0.05) is 37.3 Å². The number of halogens is 1. The Balaban J connectivity index is 1.30. The molecule has 0 radical (unpaired) electrons. The maximum absolute atomic E-state index is 16.1. The van der Waals surface area contributed by atoms with Gasteiger partial charge in [-0.2, -0.15) is 0 Å². The summed E-state index contributed by atoms with van der Waals surface area (Å²) >= 11 is 0. The third-order valence-corrected chi connectivity index (χ3v) is 12.0. The number of carbonyl (C=O) groups is 3. The third kappa shape index (κ3) is 4.62. The van der Waals surface area contributed by atoms with Gasteiger partial charge in [0.2, 0.25) is 14.3 Å². The number of hydrogen-bond acceptors (Lipinski definition) is 6. The van der Waals surface area contributed by atoms with Gasteiger partial charge in [0.25, 0.3) is 5.91 Å². The number of anilines is 2. The zero-order valence-corrected chi connectivity index (χ0v) is 25.3. The molecule has 42 heavy (non-hydrogen) atoms. The molecule has 224 valence electrons. The average molecular weight is 596 g/mol. The normalized spacial score (nSPS) is 29.1. The zero-order valence-electron chi connectivity index (χ0n) is 24.3. The summed E-state index contributed by atoms with van der Waals surface area (Å²) < 4.78 is 27.8. The fraction of sp³-hybridized carbons (Fsp3) is 0.516. The predicted molar refractivity (Wildman–Crippen MR) is 157 cm³/mol. The first-order valence-corrected chi connectivity index (χ1v) is 17.7. The van der Waals surface area contributed by atoms with E-state index >= 15 is 4.11 Å². The smallest absolute Gasteiger partial charge is 0.414 e. The number of nitrogens with zero attached hydrogens (tertiary/aromatic N) is 3. The summed E-state index contributed by atoms with van der Waals surface area (Å²) in [5, 5.41) is 9.76. The van der Waals surface area contributed by atoms with Crippen LogP contribution in [0.5, 0.6) is 0 Å². The maximum Gasteiger partial charge on any atom is 0.414 e. The van der Waals surface area contributed by atoms with Crippen molar-refractivity contribution in [2.24, 2.45) is 5.92 Å². The summed E-state index contributed by atoms with van der Waals surface area (Å²) in [7, 11) is -3.41.